The SMILES string of the molecule is CC(C)(C)C1(OC(N)=O)CC(N(CC(=O)NCc2cccc(Cl)c2F)C(=O)Cn2nc(C(N)=O)c3cc([N+](=O)[O-])ccc32)C1. The highest BCUT2D eigenvalue weighted by molar-refractivity contribution is 6.30. The molecule has 1 aromatic heterocycles. The van der Waals surface area contributed by atoms with Gasteiger partial charge in [0.2, 0.25) is 11.8 Å². The number of carbonyl (C=O) groups excluding carboxylic acids is 4. The topological polar surface area (TPSA) is 206 Å². The van der Waals surface area contributed by atoms with Crippen LogP contribution in [-0.2, 0) is 27.4 Å². The van der Waals surface area contributed by atoms with Crippen molar-refractivity contribution in [1.29, 1.82) is 0 Å². The van der Waals surface area contributed by atoms with Gasteiger partial charge in [0.05, 0.1) is 22.0 Å². The van der Waals surface area contributed by atoms with E-state index in [2.05, 4.69) is 10.4 Å². The van der Waals surface area contributed by atoms with Crippen LogP contribution in [0.25, 0.3) is 10.9 Å². The quantitative estimate of drug-likeness (QED) is 0.223. The number of hydrogen-bond acceptors (Lipinski definition) is 8. The summed E-state index contributed by atoms with van der Waals surface area (Å²) in [6.07, 6.45) is -0.645. The molecule has 234 valence electrons. The Morgan fingerprint density at radius 1 is 1.23 bits per heavy atom. The summed E-state index contributed by atoms with van der Waals surface area (Å²) >= 11 is 5.83. The standard InChI is InChI=1S/C28H31ClFN7O7/c1-27(2,3)28(44-26(32)41)10-17(11-28)35(13-21(38)33-12-15-5-4-6-19(29)23(15)30)22(39)14-36-20-8-7-16(37(42)43)9-18(20)24(34-36)25(31)40/h4-9,17H,10-14H2,1-3H3,(H2,31,40)(H2,32,41)(H,33,38). The van der Waals surface area contributed by atoms with Crippen LogP contribution in [0.5, 0.6) is 0 Å². The first-order chi connectivity index (χ1) is 20.5. The first-order valence-electron chi connectivity index (χ1n) is 13.5. The van der Waals surface area contributed by atoms with Gasteiger partial charge in [-0.3, -0.25) is 29.2 Å². The molecule has 1 heterocycles. The lowest BCUT2D eigenvalue weighted by Crippen LogP contribution is -2.65. The number of amides is 4. The maximum Gasteiger partial charge on any atom is 0.405 e. The van der Waals surface area contributed by atoms with Crippen molar-refractivity contribution in [3.63, 3.8) is 0 Å². The summed E-state index contributed by atoms with van der Waals surface area (Å²) in [5, 5.41) is 18.0. The molecule has 0 spiro atoms. The largest absolute Gasteiger partial charge is 0.442 e. The van der Waals surface area contributed by atoms with Crippen molar-refractivity contribution in [2.75, 3.05) is 6.54 Å². The number of nitro benzene ring substituents is 1. The molecule has 4 amide bonds. The molecule has 2 aromatic carbocycles. The van der Waals surface area contributed by atoms with Gasteiger partial charge in [-0.25, -0.2) is 9.18 Å². The summed E-state index contributed by atoms with van der Waals surface area (Å²) < 4.78 is 21.0. The second kappa shape index (κ2) is 12.1. The summed E-state index contributed by atoms with van der Waals surface area (Å²) in [7, 11) is 0. The van der Waals surface area contributed by atoms with Crippen LogP contribution >= 0.6 is 11.6 Å². The molecule has 5 N–H and O–H groups in total. The predicted molar refractivity (Wildman–Crippen MR) is 156 cm³/mol. The van der Waals surface area contributed by atoms with Gasteiger partial charge in [-0.1, -0.05) is 44.5 Å². The number of carbonyl (C=O) groups is 4. The number of aromatic nitrogens is 2. The predicted octanol–water partition coefficient (Wildman–Crippen LogP) is 3.02. The van der Waals surface area contributed by atoms with Crippen LogP contribution in [0.4, 0.5) is 14.9 Å². The minimum Gasteiger partial charge on any atom is -0.442 e. The third-order valence-electron chi connectivity index (χ3n) is 7.84. The van der Waals surface area contributed by atoms with E-state index in [4.69, 9.17) is 27.8 Å². The van der Waals surface area contributed by atoms with E-state index in [0.29, 0.717) is 0 Å². The molecule has 0 bridgehead atoms. The molecule has 1 fully saturated rings. The minimum atomic E-state index is -1.01. The number of nitrogens with zero attached hydrogens (tertiary/aromatic N) is 4. The first-order valence-corrected chi connectivity index (χ1v) is 13.8. The molecule has 1 saturated carbocycles. The Labute approximate surface area is 255 Å². The Morgan fingerprint density at radius 3 is 2.50 bits per heavy atom. The highest BCUT2D eigenvalue weighted by Crippen LogP contribution is 2.50. The fourth-order valence-electron chi connectivity index (χ4n) is 5.28. The number of hydrogen-bond donors (Lipinski definition) is 3. The second-order valence-electron chi connectivity index (χ2n) is 11.6. The van der Waals surface area contributed by atoms with Crippen LogP contribution in [0, 0.1) is 21.3 Å². The Hall–Kier alpha value is -4.79. The Balaban J connectivity index is 1.62. The van der Waals surface area contributed by atoms with E-state index in [0.717, 1.165) is 6.07 Å². The van der Waals surface area contributed by atoms with Crippen LogP contribution in [0.2, 0.25) is 5.02 Å². The smallest absolute Gasteiger partial charge is 0.405 e. The summed E-state index contributed by atoms with van der Waals surface area (Å²) in [6.45, 7) is 4.45. The van der Waals surface area contributed by atoms with Gasteiger partial charge in [-0.05, 0) is 12.1 Å². The number of fused-ring (bicyclic) bond motifs is 1. The molecule has 0 unspecified atom stereocenters. The van der Waals surface area contributed by atoms with E-state index < -0.39 is 64.7 Å². The van der Waals surface area contributed by atoms with Crippen LogP contribution in [-0.4, -0.2) is 61.6 Å². The summed E-state index contributed by atoms with van der Waals surface area (Å²) in [6, 6.07) is 7.45. The van der Waals surface area contributed by atoms with Gasteiger partial charge in [-0.2, -0.15) is 5.10 Å². The van der Waals surface area contributed by atoms with Crippen molar-refractivity contribution in [2.24, 2.45) is 16.9 Å². The number of non-ortho nitro benzene ring substituents is 1. The van der Waals surface area contributed by atoms with Gasteiger partial charge in [-0.15, -0.1) is 0 Å². The molecular weight excluding hydrogens is 601 g/mol. The lowest BCUT2D eigenvalue weighted by atomic mass is 9.61. The van der Waals surface area contributed by atoms with Crippen molar-refractivity contribution in [1.82, 2.24) is 20.0 Å². The van der Waals surface area contributed by atoms with Gasteiger partial charge < -0.3 is 26.4 Å². The van der Waals surface area contributed by atoms with E-state index >= 15 is 0 Å². The lowest BCUT2D eigenvalue weighted by Gasteiger charge is -2.56. The highest BCUT2D eigenvalue weighted by Gasteiger charge is 2.57. The maximum absolute atomic E-state index is 14.4. The molecule has 14 nitrogen and oxygen atoms in total. The van der Waals surface area contributed by atoms with E-state index in [9.17, 15) is 33.7 Å². The van der Waals surface area contributed by atoms with Gasteiger partial charge in [0.1, 0.15) is 18.0 Å². The molecule has 1 aliphatic carbocycles. The zero-order chi connectivity index (χ0) is 32.6. The molecule has 0 atom stereocenters. The lowest BCUT2D eigenvalue weighted by molar-refractivity contribution is -0.384. The van der Waals surface area contributed by atoms with E-state index in [1.807, 2.05) is 20.8 Å². The molecule has 1 aliphatic rings. The van der Waals surface area contributed by atoms with E-state index in [1.165, 1.54) is 39.9 Å². The zero-order valence-electron chi connectivity index (χ0n) is 24.1. The Kier molecular flexibility index (Phi) is 8.81. The molecule has 0 saturated heterocycles. The van der Waals surface area contributed by atoms with Crippen LogP contribution in [0.1, 0.15) is 49.7 Å². The Morgan fingerprint density at radius 2 is 1.91 bits per heavy atom. The fraction of sp³-hybridized carbons (Fsp3) is 0.393. The number of nitrogens with one attached hydrogen (secondary N) is 1. The average Bonchev–Trinajstić information content (AvgIpc) is 3.27. The van der Waals surface area contributed by atoms with Crippen LogP contribution in [0.3, 0.4) is 0 Å². The number of benzene rings is 2. The van der Waals surface area contributed by atoms with Crippen molar-refractivity contribution in [3.8, 4) is 0 Å². The van der Waals surface area contributed by atoms with Crippen molar-refractivity contribution in [3.05, 3.63) is 68.6 Å². The van der Waals surface area contributed by atoms with Crippen LogP contribution in [0.15, 0.2) is 36.4 Å². The molecule has 44 heavy (non-hydrogen) atoms. The molecule has 16 heteroatoms. The number of ether oxygens (including phenoxy) is 1. The number of nitro groups is 1. The van der Waals surface area contributed by atoms with E-state index in [1.54, 1.807) is 0 Å². The Bertz CT molecular complexity index is 1660. The maximum atomic E-state index is 14.4. The van der Waals surface area contributed by atoms with Crippen molar-refractivity contribution < 1.29 is 33.2 Å². The van der Waals surface area contributed by atoms with Gasteiger partial charge in [0, 0.05) is 53.9 Å². The fourth-order valence-corrected chi connectivity index (χ4v) is 5.47. The molecule has 0 radical (unpaired) electrons. The third kappa shape index (κ3) is 6.41. The number of nitrogens with two attached hydrogens (primary N) is 2. The van der Waals surface area contributed by atoms with Gasteiger partial charge in [0.15, 0.2) is 5.69 Å². The summed E-state index contributed by atoms with van der Waals surface area (Å²) in [4.78, 5) is 62.6. The zero-order valence-corrected chi connectivity index (χ0v) is 24.9. The third-order valence-corrected chi connectivity index (χ3v) is 8.13. The normalized spacial score (nSPS) is 17.9. The summed E-state index contributed by atoms with van der Waals surface area (Å²) in [5.41, 5.74) is 9.00. The van der Waals surface area contributed by atoms with E-state index in [-0.39, 0.29) is 52.3 Å². The average molecular weight is 632 g/mol. The van der Waals surface area contributed by atoms with Gasteiger partial charge >= 0.3 is 6.09 Å². The number of halogens is 2. The van der Waals surface area contributed by atoms with Gasteiger partial charge in [0.25, 0.3) is 11.6 Å². The van der Waals surface area contributed by atoms with Crippen molar-refractivity contribution >= 4 is 52.0 Å². The second-order valence-corrected chi connectivity index (χ2v) is 12.0. The van der Waals surface area contributed by atoms with Crippen LogP contribution < -0.4 is 16.8 Å². The minimum absolute atomic E-state index is 0.0811. The monoisotopic (exact) mass is 631 g/mol. The highest BCUT2D eigenvalue weighted by atomic mass is 35.5. The number of primary amides is 2. The first kappa shape index (κ1) is 32.1. The molecule has 3 aromatic rings. The molecule has 4 rings (SSSR count). The number of rotatable bonds is 10. The molecule has 0 aliphatic heterocycles. The molecular formula is C28H31ClFN7O7. The summed E-state index contributed by atoms with van der Waals surface area (Å²) in [5.74, 6) is -2.85. The van der Waals surface area contributed by atoms with Crippen molar-refractivity contribution in [2.45, 2.75) is 58.3 Å².